The molecule has 0 spiro atoms. The van der Waals surface area contributed by atoms with Crippen LogP contribution < -0.4 is 26.3 Å². The third kappa shape index (κ3) is 9.76. The first-order valence-electron chi connectivity index (χ1n) is 22.9. The van der Waals surface area contributed by atoms with E-state index in [1.54, 1.807) is 45.8 Å². The van der Waals surface area contributed by atoms with Crippen molar-refractivity contribution in [3.8, 4) is 23.0 Å². The molecular weight excluding hydrogens is 871 g/mol. The molecule has 0 saturated carbocycles. The number of hydrogen-bond acceptors (Lipinski definition) is 12. The third-order valence-corrected chi connectivity index (χ3v) is 12.4. The summed E-state index contributed by atoms with van der Waals surface area (Å²) in [6.07, 6.45) is 9.19. The molecule has 20 nitrogen and oxygen atoms in total. The molecule has 6 N–H and O–H groups in total. The quantitative estimate of drug-likeness (QED) is 0.0669. The zero-order valence-electron chi connectivity index (χ0n) is 39.0. The van der Waals surface area contributed by atoms with Crippen LogP contribution in [0.4, 0.5) is 5.95 Å². The molecule has 8 rings (SSSR count). The van der Waals surface area contributed by atoms with Crippen molar-refractivity contribution in [2.24, 2.45) is 17.4 Å². The van der Waals surface area contributed by atoms with Gasteiger partial charge >= 0.3 is 5.97 Å². The molecular formula is C48H57N13O7. The van der Waals surface area contributed by atoms with E-state index in [0.29, 0.717) is 100 Å². The normalized spacial score (nSPS) is 13.6. The highest BCUT2D eigenvalue weighted by molar-refractivity contribution is 6.12. The predicted octanol–water partition coefficient (Wildman–Crippen LogP) is 5.71. The van der Waals surface area contributed by atoms with E-state index in [9.17, 15) is 19.2 Å². The molecule has 0 aliphatic carbocycles. The van der Waals surface area contributed by atoms with Crippen LogP contribution in [-0.2, 0) is 31.0 Å². The van der Waals surface area contributed by atoms with Crippen molar-refractivity contribution < 1.29 is 33.8 Å². The highest BCUT2D eigenvalue weighted by Crippen LogP contribution is 2.37. The van der Waals surface area contributed by atoms with Crippen LogP contribution in [0.25, 0.3) is 44.5 Å². The number of fused-ring (bicyclic) bond motifs is 4. The smallest absolute Gasteiger partial charge is 0.303 e. The number of nitrogens with two attached hydrogens (primary N) is 2. The van der Waals surface area contributed by atoms with Gasteiger partial charge in [0.15, 0.2) is 5.82 Å². The number of carbonyl (C=O) groups is 4. The number of nitrogens with zero attached hydrogens (tertiary/aromatic N) is 10. The summed E-state index contributed by atoms with van der Waals surface area (Å²) in [5.41, 5.74) is 17.0. The fourth-order valence-electron chi connectivity index (χ4n) is 9.07. The second kappa shape index (κ2) is 20.1. The van der Waals surface area contributed by atoms with E-state index in [0.717, 1.165) is 50.3 Å². The number of anilines is 1. The molecule has 1 aliphatic rings. The number of aliphatic carboxylic acids is 1. The van der Waals surface area contributed by atoms with Gasteiger partial charge < -0.3 is 40.1 Å². The molecule has 0 radical (unpaired) electrons. The first-order chi connectivity index (χ1) is 32.8. The van der Waals surface area contributed by atoms with Gasteiger partial charge in [-0.1, -0.05) is 12.2 Å². The van der Waals surface area contributed by atoms with E-state index in [2.05, 4.69) is 20.4 Å². The monoisotopic (exact) mass is 927 g/mol. The van der Waals surface area contributed by atoms with Crippen LogP contribution >= 0.6 is 0 Å². The van der Waals surface area contributed by atoms with Crippen molar-refractivity contribution in [2.75, 3.05) is 38.7 Å². The number of hydrogen-bond donors (Lipinski definition) is 4. The first kappa shape index (κ1) is 46.9. The Morgan fingerprint density at radius 1 is 0.838 bits per heavy atom. The highest BCUT2D eigenvalue weighted by atomic mass is 16.5. The lowest BCUT2D eigenvalue weighted by Gasteiger charge is -2.31. The molecule has 1 fully saturated rings. The number of aryl methyl sites for hydroxylation is 4. The lowest BCUT2D eigenvalue weighted by molar-refractivity contribution is -0.137. The Kier molecular flexibility index (Phi) is 13.9. The summed E-state index contributed by atoms with van der Waals surface area (Å²) in [6.45, 7) is 12.2. The van der Waals surface area contributed by atoms with Crippen molar-refractivity contribution >= 4 is 62.6 Å². The zero-order chi connectivity index (χ0) is 48.2. The van der Waals surface area contributed by atoms with Gasteiger partial charge in [0.25, 0.3) is 5.91 Å². The lowest BCUT2D eigenvalue weighted by Crippen LogP contribution is -2.35. The summed E-state index contributed by atoms with van der Waals surface area (Å²) in [5, 5.41) is 22.5. The highest BCUT2D eigenvalue weighted by Gasteiger charge is 2.25. The molecule has 0 unspecified atom stereocenters. The fourth-order valence-corrected chi connectivity index (χ4v) is 9.07. The Morgan fingerprint density at radius 3 is 2.21 bits per heavy atom. The topological polar surface area (TPSA) is 258 Å². The Balaban J connectivity index is 1.15. The van der Waals surface area contributed by atoms with Gasteiger partial charge in [-0.15, -0.1) is 0 Å². The van der Waals surface area contributed by atoms with Gasteiger partial charge in [-0.05, 0) is 115 Å². The number of methoxy groups -OCH3 is 1. The maximum absolute atomic E-state index is 13.8. The van der Waals surface area contributed by atoms with Gasteiger partial charge in [-0.25, -0.2) is 15.0 Å². The summed E-state index contributed by atoms with van der Waals surface area (Å²) in [7, 11) is 1.49. The van der Waals surface area contributed by atoms with Gasteiger partial charge in [0, 0.05) is 60.7 Å². The molecule has 68 heavy (non-hydrogen) atoms. The van der Waals surface area contributed by atoms with Gasteiger partial charge in [0.2, 0.25) is 17.8 Å². The first-order valence-corrected chi connectivity index (χ1v) is 22.9. The number of amides is 3. The lowest BCUT2D eigenvalue weighted by atomic mass is 9.94. The zero-order valence-corrected chi connectivity index (χ0v) is 39.0. The second-order valence-corrected chi connectivity index (χ2v) is 17.1. The Bertz CT molecular complexity index is 3080. The van der Waals surface area contributed by atoms with Crippen molar-refractivity contribution in [2.45, 2.75) is 86.0 Å². The van der Waals surface area contributed by atoms with Crippen molar-refractivity contribution in [1.82, 2.24) is 48.5 Å². The van der Waals surface area contributed by atoms with Crippen molar-refractivity contribution in [3.05, 3.63) is 83.0 Å². The molecule has 0 atom stereocenters. The molecule has 0 bridgehead atoms. The van der Waals surface area contributed by atoms with Gasteiger partial charge in [-0.3, -0.25) is 33.9 Å². The molecule has 20 heteroatoms. The summed E-state index contributed by atoms with van der Waals surface area (Å²) < 4.78 is 19.7. The van der Waals surface area contributed by atoms with Crippen LogP contribution in [0.3, 0.4) is 0 Å². The van der Waals surface area contributed by atoms with Gasteiger partial charge in [0.05, 0.1) is 36.1 Å². The number of imidazole rings is 1. The number of benzene rings is 2. The number of likely N-dealkylation sites (tertiary alicyclic amines) is 1. The van der Waals surface area contributed by atoms with E-state index in [1.807, 2.05) is 55.2 Å². The van der Waals surface area contributed by atoms with Crippen LogP contribution in [0.15, 0.2) is 54.7 Å². The minimum absolute atomic E-state index is 0.167. The van der Waals surface area contributed by atoms with Crippen molar-refractivity contribution in [1.29, 1.82) is 0 Å². The Hall–Kier alpha value is -7.61. The molecule has 3 amide bonds. The van der Waals surface area contributed by atoms with Gasteiger partial charge in [0.1, 0.15) is 34.1 Å². The van der Waals surface area contributed by atoms with E-state index < -0.39 is 23.7 Å². The SMILES string of the molecule is CCn1nc(C)cc1C(=O)Nc1nc2cc(C(N)=O)cc(OC)c2n1C/C=C/Cn1c2nc(-c3cc(C)nn3CC)ncc2c2cc(C(N)=O)cc(OCCC3CCN(CCCC(=O)O)CC3)c21. The number of rotatable bonds is 20. The van der Waals surface area contributed by atoms with Crippen LogP contribution in [0.2, 0.25) is 0 Å². The standard InChI is InChI=1S/C48H57N13O7/c1-6-60-36(21-28(3)55-60)45-51-27-34-33-23-31(43(49)64)26-39(68-20-14-30-12-18-57(19-13-30)15-10-11-40(62)63)41(33)58(46(34)53-45)16-8-9-17-59-42-35(24-32(44(50)65)25-38(42)67-5)52-48(59)54-47(66)37-22-29(4)56-61(37)7-2/h8-9,21-27,30H,6-7,10-20H2,1-5H3,(H2,49,64)(H2,50,65)(H,62,63)(H,52,54,66)/b9-8+. The maximum atomic E-state index is 13.8. The number of primary amides is 2. The average molecular weight is 928 g/mol. The average Bonchev–Trinajstić information content (AvgIpc) is 4.08. The van der Waals surface area contributed by atoms with Gasteiger partial charge in [-0.2, -0.15) is 10.2 Å². The summed E-state index contributed by atoms with van der Waals surface area (Å²) in [4.78, 5) is 67.0. The summed E-state index contributed by atoms with van der Waals surface area (Å²) >= 11 is 0. The van der Waals surface area contributed by atoms with Crippen LogP contribution in [-0.4, -0.2) is 111 Å². The van der Waals surface area contributed by atoms with Crippen LogP contribution in [0, 0.1) is 19.8 Å². The largest absolute Gasteiger partial charge is 0.494 e. The number of carbonyl (C=O) groups excluding carboxylic acids is 3. The van der Waals surface area contributed by atoms with E-state index in [-0.39, 0.29) is 30.0 Å². The number of nitrogens with one attached hydrogen (secondary N) is 1. The number of allylic oxidation sites excluding steroid dienone is 2. The number of carboxylic acid groups (broad SMARTS) is 1. The predicted molar refractivity (Wildman–Crippen MR) is 256 cm³/mol. The number of aromatic nitrogens is 9. The maximum Gasteiger partial charge on any atom is 0.303 e. The number of ether oxygens (including phenoxy) is 2. The number of piperidine rings is 1. The van der Waals surface area contributed by atoms with E-state index in [4.69, 9.17) is 41.0 Å². The van der Waals surface area contributed by atoms with E-state index >= 15 is 0 Å². The minimum Gasteiger partial charge on any atom is -0.494 e. The molecule has 356 valence electrons. The minimum atomic E-state index is -0.775. The fraction of sp³-hybridized carbons (Fsp3) is 0.396. The third-order valence-electron chi connectivity index (χ3n) is 12.4. The number of carboxylic acids is 1. The molecule has 1 aliphatic heterocycles. The van der Waals surface area contributed by atoms with Crippen LogP contribution in [0.5, 0.6) is 11.5 Å². The molecule has 2 aromatic carbocycles. The van der Waals surface area contributed by atoms with Crippen molar-refractivity contribution in [3.63, 3.8) is 0 Å². The molecule has 1 saturated heterocycles. The molecule has 7 aromatic rings. The van der Waals surface area contributed by atoms with Crippen LogP contribution in [0.1, 0.15) is 88.5 Å². The summed E-state index contributed by atoms with van der Waals surface area (Å²) in [6, 6.07) is 10.2. The van der Waals surface area contributed by atoms with E-state index in [1.165, 1.54) is 7.11 Å². The molecule has 5 aromatic heterocycles. The Morgan fingerprint density at radius 2 is 1.51 bits per heavy atom. The molecule has 6 heterocycles. The summed E-state index contributed by atoms with van der Waals surface area (Å²) in [5.74, 6) is -0.511. The second-order valence-electron chi connectivity index (χ2n) is 17.1. The Labute approximate surface area is 391 Å².